The van der Waals surface area contributed by atoms with Gasteiger partial charge in [-0.1, -0.05) is 0 Å². The summed E-state index contributed by atoms with van der Waals surface area (Å²) >= 11 is 0. The highest BCUT2D eigenvalue weighted by Crippen LogP contribution is 2.03. The summed E-state index contributed by atoms with van der Waals surface area (Å²) < 4.78 is 4.60. The van der Waals surface area contributed by atoms with Crippen molar-refractivity contribution in [1.82, 2.24) is 9.80 Å². The molecule has 0 N–H and O–H groups in total. The molecule has 5 heteroatoms. The van der Waals surface area contributed by atoms with Crippen LogP contribution in [0.2, 0.25) is 0 Å². The first kappa shape index (κ1) is 15.9. The number of carbonyl (C=O) groups excluding carboxylic acids is 2. The van der Waals surface area contributed by atoms with Gasteiger partial charge in [0.2, 0.25) is 5.91 Å². The van der Waals surface area contributed by atoms with Gasteiger partial charge in [0.1, 0.15) is 0 Å². The molecule has 100 valence electrons. The summed E-state index contributed by atoms with van der Waals surface area (Å²) in [6.07, 6.45) is 0.304. The Hall–Kier alpha value is -1.10. The molecule has 5 nitrogen and oxygen atoms in total. The lowest BCUT2D eigenvalue weighted by atomic mass is 10.2. The quantitative estimate of drug-likeness (QED) is 0.620. The highest BCUT2D eigenvalue weighted by molar-refractivity contribution is 5.78. The van der Waals surface area contributed by atoms with Gasteiger partial charge in [0.05, 0.1) is 20.1 Å². The van der Waals surface area contributed by atoms with E-state index in [4.69, 9.17) is 0 Å². The summed E-state index contributed by atoms with van der Waals surface area (Å²) in [4.78, 5) is 26.6. The predicted octanol–water partition coefficient (Wildman–Crippen LogP) is 0.738. The Morgan fingerprint density at radius 3 is 2.18 bits per heavy atom. The number of methoxy groups -OCH3 is 1. The van der Waals surface area contributed by atoms with Gasteiger partial charge in [-0.3, -0.25) is 14.5 Å². The minimum atomic E-state index is -0.250. The Bertz CT molecular complexity index is 252. The van der Waals surface area contributed by atoms with E-state index in [-0.39, 0.29) is 17.9 Å². The van der Waals surface area contributed by atoms with Gasteiger partial charge in [-0.2, -0.15) is 0 Å². The number of ether oxygens (including phenoxy) is 1. The third kappa shape index (κ3) is 5.68. The third-order valence-corrected chi connectivity index (χ3v) is 2.94. The summed E-state index contributed by atoms with van der Waals surface area (Å²) in [7, 11) is 3.21. The minimum absolute atomic E-state index is 0.00182. The molecule has 0 heterocycles. The van der Waals surface area contributed by atoms with Crippen molar-refractivity contribution in [3.05, 3.63) is 0 Å². The largest absolute Gasteiger partial charge is 0.469 e. The standard InChI is InChI=1S/C12H24N2O3/c1-6-14(7-2)11(15)9-13(4)10(3)8-12(16)17-5/h10H,6-9H2,1-5H3. The van der Waals surface area contributed by atoms with Gasteiger partial charge in [0, 0.05) is 19.1 Å². The van der Waals surface area contributed by atoms with Gasteiger partial charge >= 0.3 is 5.97 Å². The smallest absolute Gasteiger partial charge is 0.307 e. The maximum absolute atomic E-state index is 11.8. The van der Waals surface area contributed by atoms with Gasteiger partial charge in [0.25, 0.3) is 0 Å². The molecular formula is C12H24N2O3. The van der Waals surface area contributed by atoms with Crippen LogP contribution in [0.3, 0.4) is 0 Å². The van der Waals surface area contributed by atoms with Crippen molar-refractivity contribution >= 4 is 11.9 Å². The van der Waals surface area contributed by atoms with E-state index in [0.29, 0.717) is 26.1 Å². The van der Waals surface area contributed by atoms with Crippen molar-refractivity contribution in [3.63, 3.8) is 0 Å². The normalized spacial score (nSPS) is 12.4. The van der Waals surface area contributed by atoms with Crippen molar-refractivity contribution in [2.75, 3.05) is 33.8 Å². The number of likely N-dealkylation sites (N-methyl/N-ethyl adjacent to an activating group) is 2. The van der Waals surface area contributed by atoms with E-state index in [1.807, 2.05) is 32.7 Å². The summed E-state index contributed by atoms with van der Waals surface area (Å²) in [6.45, 7) is 7.59. The molecule has 17 heavy (non-hydrogen) atoms. The Balaban J connectivity index is 4.19. The molecule has 0 bridgehead atoms. The van der Waals surface area contributed by atoms with Crippen molar-refractivity contribution in [2.24, 2.45) is 0 Å². The monoisotopic (exact) mass is 244 g/mol. The molecule has 0 saturated heterocycles. The van der Waals surface area contributed by atoms with Crippen LogP contribution >= 0.6 is 0 Å². The highest BCUT2D eigenvalue weighted by Gasteiger charge is 2.18. The first-order chi connectivity index (χ1) is 7.96. The maximum atomic E-state index is 11.8. The minimum Gasteiger partial charge on any atom is -0.469 e. The summed E-state index contributed by atoms with van der Waals surface area (Å²) in [5.74, 6) is -0.158. The lowest BCUT2D eigenvalue weighted by Crippen LogP contribution is -2.42. The first-order valence-electron chi connectivity index (χ1n) is 6.01. The van der Waals surface area contributed by atoms with E-state index in [2.05, 4.69) is 4.74 Å². The summed E-state index contributed by atoms with van der Waals surface area (Å²) in [6, 6.07) is 0.00182. The zero-order valence-electron chi connectivity index (χ0n) is 11.5. The lowest BCUT2D eigenvalue weighted by molar-refractivity contribution is -0.142. The number of hydrogen-bond donors (Lipinski definition) is 0. The Labute approximate surface area is 104 Å². The number of carbonyl (C=O) groups is 2. The molecule has 1 amide bonds. The fourth-order valence-electron chi connectivity index (χ4n) is 1.53. The molecule has 0 aromatic heterocycles. The van der Waals surface area contributed by atoms with Crippen molar-refractivity contribution in [1.29, 1.82) is 0 Å². The molecule has 0 spiro atoms. The van der Waals surface area contributed by atoms with Gasteiger partial charge in [-0.05, 0) is 27.8 Å². The van der Waals surface area contributed by atoms with Crippen LogP contribution < -0.4 is 0 Å². The maximum Gasteiger partial charge on any atom is 0.307 e. The molecule has 0 aliphatic heterocycles. The number of hydrogen-bond acceptors (Lipinski definition) is 4. The van der Waals surface area contributed by atoms with Crippen LogP contribution in [0.1, 0.15) is 27.2 Å². The average Bonchev–Trinajstić information content (AvgIpc) is 2.30. The van der Waals surface area contributed by atoms with Gasteiger partial charge in [0.15, 0.2) is 0 Å². The molecule has 0 aromatic rings. The SMILES string of the molecule is CCN(CC)C(=O)CN(C)C(C)CC(=O)OC. The predicted molar refractivity (Wildman–Crippen MR) is 66.7 cm³/mol. The van der Waals surface area contributed by atoms with E-state index >= 15 is 0 Å². The second-order valence-corrected chi connectivity index (χ2v) is 4.11. The van der Waals surface area contributed by atoms with Crippen LogP contribution in [0.4, 0.5) is 0 Å². The van der Waals surface area contributed by atoms with E-state index in [0.717, 1.165) is 0 Å². The average molecular weight is 244 g/mol. The van der Waals surface area contributed by atoms with Crippen molar-refractivity contribution in [3.8, 4) is 0 Å². The van der Waals surface area contributed by atoms with E-state index < -0.39 is 0 Å². The number of nitrogens with zero attached hydrogens (tertiary/aromatic N) is 2. The van der Waals surface area contributed by atoms with Crippen LogP contribution in [-0.2, 0) is 14.3 Å². The number of rotatable bonds is 7. The molecular weight excluding hydrogens is 220 g/mol. The molecule has 0 radical (unpaired) electrons. The van der Waals surface area contributed by atoms with E-state index in [1.165, 1.54) is 7.11 Å². The molecule has 0 aromatic carbocycles. The lowest BCUT2D eigenvalue weighted by Gasteiger charge is -2.26. The molecule has 0 rings (SSSR count). The summed E-state index contributed by atoms with van der Waals surface area (Å²) in [5.41, 5.74) is 0. The first-order valence-corrected chi connectivity index (χ1v) is 6.01. The van der Waals surface area contributed by atoms with Gasteiger partial charge in [-0.15, -0.1) is 0 Å². The Morgan fingerprint density at radius 2 is 1.76 bits per heavy atom. The zero-order valence-corrected chi connectivity index (χ0v) is 11.5. The molecule has 1 atom stereocenters. The molecule has 1 unspecified atom stereocenters. The highest BCUT2D eigenvalue weighted by atomic mass is 16.5. The Kier molecular flexibility index (Phi) is 7.54. The molecule has 0 fully saturated rings. The molecule has 0 aliphatic rings. The van der Waals surface area contributed by atoms with Crippen LogP contribution in [0.5, 0.6) is 0 Å². The topological polar surface area (TPSA) is 49.9 Å². The van der Waals surface area contributed by atoms with E-state index in [9.17, 15) is 9.59 Å². The number of amides is 1. The van der Waals surface area contributed by atoms with Gasteiger partial charge in [-0.25, -0.2) is 0 Å². The third-order valence-electron chi connectivity index (χ3n) is 2.94. The van der Waals surface area contributed by atoms with Crippen LogP contribution in [0, 0.1) is 0 Å². The van der Waals surface area contributed by atoms with Crippen molar-refractivity contribution in [2.45, 2.75) is 33.2 Å². The summed E-state index contributed by atoms with van der Waals surface area (Å²) in [5, 5.41) is 0. The zero-order chi connectivity index (χ0) is 13.4. The second kappa shape index (κ2) is 8.06. The molecule has 0 saturated carbocycles. The van der Waals surface area contributed by atoms with Crippen LogP contribution in [0.25, 0.3) is 0 Å². The van der Waals surface area contributed by atoms with Crippen molar-refractivity contribution < 1.29 is 14.3 Å². The van der Waals surface area contributed by atoms with Crippen LogP contribution in [0.15, 0.2) is 0 Å². The second-order valence-electron chi connectivity index (χ2n) is 4.11. The fourth-order valence-corrected chi connectivity index (χ4v) is 1.53. The Morgan fingerprint density at radius 1 is 1.24 bits per heavy atom. The fraction of sp³-hybridized carbons (Fsp3) is 0.833. The van der Waals surface area contributed by atoms with E-state index in [1.54, 1.807) is 4.90 Å². The van der Waals surface area contributed by atoms with Crippen LogP contribution in [-0.4, -0.2) is 61.5 Å². The van der Waals surface area contributed by atoms with Gasteiger partial charge < -0.3 is 9.64 Å². The molecule has 0 aliphatic carbocycles. The number of esters is 1.